The van der Waals surface area contributed by atoms with Gasteiger partial charge in [0.1, 0.15) is 0 Å². The lowest BCUT2D eigenvalue weighted by Gasteiger charge is -2.35. The van der Waals surface area contributed by atoms with Crippen molar-refractivity contribution in [2.75, 3.05) is 24.8 Å². The minimum Gasteiger partial charge on any atom is -0.381 e. The zero-order valence-electron chi connectivity index (χ0n) is 8.28. The van der Waals surface area contributed by atoms with Crippen LogP contribution in [0.15, 0.2) is 0 Å². The number of rotatable bonds is 4. The first-order valence-electron chi connectivity index (χ1n) is 4.82. The number of ether oxygens (including phenoxy) is 1. The number of hydrogen-bond acceptors (Lipinski definition) is 2. The first kappa shape index (κ1) is 13.5. The van der Waals surface area contributed by atoms with Crippen LogP contribution in [0.2, 0.25) is 0 Å². The summed E-state index contributed by atoms with van der Waals surface area (Å²) >= 11 is 5.88. The first-order chi connectivity index (χ1) is 6.97. The fourth-order valence-corrected chi connectivity index (χ4v) is 2.81. The molecule has 1 rings (SSSR count). The maximum Gasteiger partial charge on any atom is 0.441 e. The molecule has 0 spiro atoms. The Morgan fingerprint density at radius 1 is 1.27 bits per heavy atom. The van der Waals surface area contributed by atoms with E-state index in [2.05, 4.69) is 0 Å². The van der Waals surface area contributed by atoms with Crippen LogP contribution in [0.25, 0.3) is 0 Å². The van der Waals surface area contributed by atoms with E-state index in [-0.39, 0.29) is 22.9 Å². The molecule has 0 aliphatic carbocycles. The van der Waals surface area contributed by atoms with E-state index in [1.54, 1.807) is 0 Å². The van der Waals surface area contributed by atoms with Gasteiger partial charge in [0.2, 0.25) is 0 Å². The number of hydrogen-bond donors (Lipinski definition) is 0. The van der Waals surface area contributed by atoms with E-state index in [9.17, 15) is 13.2 Å². The van der Waals surface area contributed by atoms with Crippen molar-refractivity contribution in [3.63, 3.8) is 0 Å². The molecule has 0 aromatic rings. The van der Waals surface area contributed by atoms with E-state index >= 15 is 0 Å². The van der Waals surface area contributed by atoms with Gasteiger partial charge in [-0.25, -0.2) is 0 Å². The Bertz CT molecular complexity index is 192. The van der Waals surface area contributed by atoms with Crippen molar-refractivity contribution in [2.45, 2.75) is 24.8 Å². The molecule has 90 valence electrons. The molecular formula is C9H14ClF3OS. The molecule has 0 aromatic carbocycles. The number of alkyl halides is 4. The standard InChI is InChI=1S/C9H14ClF3OS/c10-7-8(1-4-14-5-2-8)3-6-15-9(11,12)13/h1-7H2. The van der Waals surface area contributed by atoms with Crippen LogP contribution in [0.1, 0.15) is 19.3 Å². The summed E-state index contributed by atoms with van der Waals surface area (Å²) in [5, 5.41) is 0. The SMILES string of the molecule is FC(F)(F)SCCC1(CCl)CCOCC1. The van der Waals surface area contributed by atoms with Crippen molar-refractivity contribution in [2.24, 2.45) is 5.41 Å². The first-order valence-corrected chi connectivity index (χ1v) is 6.34. The van der Waals surface area contributed by atoms with E-state index < -0.39 is 5.51 Å². The normalized spacial score (nSPS) is 21.6. The van der Waals surface area contributed by atoms with Gasteiger partial charge < -0.3 is 4.74 Å². The molecule has 0 bridgehead atoms. The zero-order chi connectivity index (χ0) is 11.4. The third-order valence-corrected chi connectivity index (χ3v) is 4.04. The predicted molar refractivity (Wildman–Crippen MR) is 56.3 cm³/mol. The maximum atomic E-state index is 11.9. The molecule has 1 aliphatic heterocycles. The molecule has 1 saturated heterocycles. The second kappa shape index (κ2) is 5.64. The van der Waals surface area contributed by atoms with Crippen LogP contribution < -0.4 is 0 Å². The Balaban J connectivity index is 2.33. The Kier molecular flexibility index (Phi) is 5.06. The minimum atomic E-state index is -4.13. The summed E-state index contributed by atoms with van der Waals surface area (Å²) in [6.07, 6.45) is 2.06. The van der Waals surface area contributed by atoms with E-state index in [1.807, 2.05) is 0 Å². The van der Waals surface area contributed by atoms with Gasteiger partial charge in [0.25, 0.3) is 0 Å². The maximum absolute atomic E-state index is 11.9. The van der Waals surface area contributed by atoms with E-state index in [4.69, 9.17) is 16.3 Å². The van der Waals surface area contributed by atoms with E-state index in [1.165, 1.54) is 0 Å². The summed E-state index contributed by atoms with van der Waals surface area (Å²) in [5.41, 5.74) is -4.27. The summed E-state index contributed by atoms with van der Waals surface area (Å²) in [5.74, 6) is 0.519. The molecule has 1 aliphatic rings. The van der Waals surface area contributed by atoms with Crippen LogP contribution in [-0.2, 0) is 4.74 Å². The molecule has 0 radical (unpaired) electrons. The summed E-state index contributed by atoms with van der Waals surface area (Å²) in [6, 6.07) is 0. The minimum absolute atomic E-state index is 0.0417. The predicted octanol–water partition coefficient (Wildman–Crippen LogP) is 3.67. The summed E-state index contributed by atoms with van der Waals surface area (Å²) in [6.45, 7) is 1.23. The Hall–Kier alpha value is 0.390. The van der Waals surface area contributed by atoms with Gasteiger partial charge in [-0.15, -0.1) is 11.6 Å². The molecule has 15 heavy (non-hydrogen) atoms. The monoisotopic (exact) mass is 262 g/mol. The molecule has 1 fully saturated rings. The van der Waals surface area contributed by atoms with Crippen molar-refractivity contribution in [1.82, 2.24) is 0 Å². The quantitative estimate of drug-likeness (QED) is 0.715. The average Bonchev–Trinajstić information content (AvgIpc) is 2.17. The van der Waals surface area contributed by atoms with Crippen molar-refractivity contribution in [1.29, 1.82) is 0 Å². The van der Waals surface area contributed by atoms with Crippen molar-refractivity contribution in [3.8, 4) is 0 Å². The molecule has 1 nitrogen and oxygen atoms in total. The molecule has 0 N–H and O–H groups in total. The third-order valence-electron chi connectivity index (χ3n) is 2.74. The van der Waals surface area contributed by atoms with Crippen LogP contribution in [0.3, 0.4) is 0 Å². The summed E-state index contributed by atoms with van der Waals surface area (Å²) in [7, 11) is 0. The highest BCUT2D eigenvalue weighted by molar-refractivity contribution is 8.00. The van der Waals surface area contributed by atoms with Crippen molar-refractivity contribution < 1.29 is 17.9 Å². The lowest BCUT2D eigenvalue weighted by Crippen LogP contribution is -2.32. The molecule has 0 atom stereocenters. The van der Waals surface area contributed by atoms with Crippen LogP contribution >= 0.6 is 23.4 Å². The van der Waals surface area contributed by atoms with Gasteiger partial charge in [-0.05, 0) is 24.7 Å². The van der Waals surface area contributed by atoms with Gasteiger partial charge in [0.15, 0.2) is 0 Å². The smallest absolute Gasteiger partial charge is 0.381 e. The van der Waals surface area contributed by atoms with E-state index in [0.717, 1.165) is 12.8 Å². The van der Waals surface area contributed by atoms with Crippen molar-refractivity contribution in [3.05, 3.63) is 0 Å². The molecule has 0 amide bonds. The van der Waals surface area contributed by atoms with Gasteiger partial charge in [0.05, 0.1) is 0 Å². The van der Waals surface area contributed by atoms with Crippen LogP contribution in [0, 0.1) is 5.41 Å². The molecule has 0 aromatic heterocycles. The zero-order valence-corrected chi connectivity index (χ0v) is 9.85. The second-order valence-corrected chi connectivity index (χ2v) is 5.22. The van der Waals surface area contributed by atoms with Gasteiger partial charge in [-0.1, -0.05) is 11.8 Å². The van der Waals surface area contributed by atoms with Gasteiger partial charge in [-0.2, -0.15) is 13.2 Å². The topological polar surface area (TPSA) is 9.23 Å². The lowest BCUT2D eigenvalue weighted by atomic mass is 9.80. The van der Waals surface area contributed by atoms with Gasteiger partial charge >= 0.3 is 5.51 Å². The summed E-state index contributed by atoms with van der Waals surface area (Å²) in [4.78, 5) is 0. The fraction of sp³-hybridized carbons (Fsp3) is 1.00. The second-order valence-electron chi connectivity index (χ2n) is 3.79. The Morgan fingerprint density at radius 2 is 1.87 bits per heavy atom. The molecule has 0 saturated carbocycles. The molecule has 0 unspecified atom stereocenters. The van der Waals surface area contributed by atoms with Crippen molar-refractivity contribution >= 4 is 23.4 Å². The Morgan fingerprint density at radius 3 is 2.33 bits per heavy atom. The Labute approximate surface area is 96.7 Å². The molecule has 1 heterocycles. The van der Waals surface area contributed by atoms with Crippen LogP contribution in [0.4, 0.5) is 13.2 Å². The van der Waals surface area contributed by atoms with Gasteiger partial charge in [-0.3, -0.25) is 0 Å². The lowest BCUT2D eigenvalue weighted by molar-refractivity contribution is -0.0331. The fourth-order valence-electron chi connectivity index (χ4n) is 1.64. The summed E-state index contributed by atoms with van der Waals surface area (Å²) < 4.78 is 41.0. The highest BCUT2D eigenvalue weighted by atomic mass is 35.5. The highest BCUT2D eigenvalue weighted by Gasteiger charge is 2.34. The largest absolute Gasteiger partial charge is 0.441 e. The third kappa shape index (κ3) is 4.83. The van der Waals surface area contributed by atoms with Crippen LogP contribution in [0.5, 0.6) is 0 Å². The molecule has 6 heteroatoms. The van der Waals surface area contributed by atoms with E-state index in [0.29, 0.717) is 25.5 Å². The average molecular weight is 263 g/mol. The van der Waals surface area contributed by atoms with Crippen LogP contribution in [-0.4, -0.2) is 30.4 Å². The number of thioether (sulfide) groups is 1. The van der Waals surface area contributed by atoms with Gasteiger partial charge in [0, 0.05) is 24.8 Å². The molecular weight excluding hydrogens is 249 g/mol. The highest BCUT2D eigenvalue weighted by Crippen LogP contribution is 2.39. The number of halogens is 4.